The maximum absolute atomic E-state index is 13.1. The van der Waals surface area contributed by atoms with E-state index in [4.69, 9.17) is 20.8 Å². The minimum Gasteiger partial charge on any atom is -0.494 e. The zero-order valence-corrected chi connectivity index (χ0v) is 17.1. The zero-order chi connectivity index (χ0) is 22.3. The number of pyridine rings is 1. The average Bonchev–Trinajstić information content (AvgIpc) is 3.27. The lowest BCUT2D eigenvalue weighted by molar-refractivity contribution is -0.137. The summed E-state index contributed by atoms with van der Waals surface area (Å²) in [5.41, 5.74) is 0.237. The number of nitrogens with one attached hydrogen (secondary N) is 1. The molecule has 31 heavy (non-hydrogen) atoms. The van der Waals surface area contributed by atoms with E-state index in [1.54, 1.807) is 25.1 Å². The molecule has 0 saturated carbocycles. The Bertz CT molecular complexity index is 1300. The van der Waals surface area contributed by atoms with Gasteiger partial charge in [-0.05, 0) is 38.1 Å². The topological polar surface area (TPSA) is 81.7 Å². The zero-order valence-electron chi connectivity index (χ0n) is 16.4. The lowest BCUT2D eigenvalue weighted by atomic mass is 10.1. The van der Waals surface area contributed by atoms with Gasteiger partial charge in [0.25, 0.3) is 5.91 Å². The molecule has 0 fully saturated rings. The Balaban J connectivity index is 1.60. The van der Waals surface area contributed by atoms with Gasteiger partial charge in [-0.15, -0.1) is 10.2 Å². The Morgan fingerprint density at radius 1 is 1.29 bits per heavy atom. The van der Waals surface area contributed by atoms with Crippen molar-refractivity contribution < 1.29 is 27.1 Å². The van der Waals surface area contributed by atoms with Crippen LogP contribution in [0.1, 0.15) is 34.4 Å². The van der Waals surface area contributed by atoms with E-state index in [-0.39, 0.29) is 28.8 Å². The van der Waals surface area contributed by atoms with E-state index in [9.17, 15) is 18.0 Å². The second-order valence-corrected chi connectivity index (χ2v) is 7.12. The first-order valence-corrected chi connectivity index (χ1v) is 9.61. The van der Waals surface area contributed by atoms with Crippen molar-refractivity contribution in [2.24, 2.45) is 0 Å². The van der Waals surface area contributed by atoms with Gasteiger partial charge in [-0.3, -0.25) is 9.20 Å². The molecular weight excluding hydrogens is 437 g/mol. The maximum atomic E-state index is 13.1. The third-order valence-electron chi connectivity index (χ3n) is 4.69. The van der Waals surface area contributed by atoms with E-state index in [1.165, 1.54) is 0 Å². The minimum absolute atomic E-state index is 0.0577. The van der Waals surface area contributed by atoms with Crippen LogP contribution in [-0.2, 0) is 12.7 Å². The van der Waals surface area contributed by atoms with Crippen LogP contribution in [0.25, 0.3) is 16.6 Å². The standard InChI is InChI=1S/C20H16ClF3N4O3/c1-3-30-12-4-5-15-13(7-12)10(2)17(31-15)19(29)25-8-16-26-27-18-14(21)6-11(9-28(16)18)20(22,23)24/h4-7,9H,3,8H2,1-2H3,(H,25,29). The molecule has 0 unspecified atom stereocenters. The predicted octanol–water partition coefficient (Wildman–Crippen LogP) is 4.78. The highest BCUT2D eigenvalue weighted by Crippen LogP contribution is 2.32. The molecule has 4 rings (SSSR count). The molecule has 3 aromatic heterocycles. The Kier molecular flexibility index (Phi) is 5.26. The van der Waals surface area contributed by atoms with E-state index in [0.29, 0.717) is 23.5 Å². The Morgan fingerprint density at radius 3 is 2.77 bits per heavy atom. The molecule has 3 heterocycles. The summed E-state index contributed by atoms with van der Waals surface area (Å²) in [4.78, 5) is 12.7. The van der Waals surface area contributed by atoms with Crippen molar-refractivity contribution in [2.45, 2.75) is 26.6 Å². The number of benzene rings is 1. The number of nitrogens with zero attached hydrogens (tertiary/aromatic N) is 3. The van der Waals surface area contributed by atoms with E-state index in [2.05, 4.69) is 15.5 Å². The molecular formula is C20H16ClF3N4O3. The van der Waals surface area contributed by atoms with Crippen LogP contribution in [0.15, 0.2) is 34.9 Å². The van der Waals surface area contributed by atoms with Crippen LogP contribution < -0.4 is 10.1 Å². The number of aryl methyl sites for hydroxylation is 1. The monoisotopic (exact) mass is 452 g/mol. The molecule has 4 aromatic rings. The fourth-order valence-corrected chi connectivity index (χ4v) is 3.43. The number of hydrogen-bond donors (Lipinski definition) is 1. The van der Waals surface area contributed by atoms with Gasteiger partial charge in [0.15, 0.2) is 17.2 Å². The van der Waals surface area contributed by atoms with Gasteiger partial charge in [0.2, 0.25) is 0 Å². The summed E-state index contributed by atoms with van der Waals surface area (Å²) in [5.74, 6) is 0.287. The second-order valence-electron chi connectivity index (χ2n) is 6.71. The quantitative estimate of drug-likeness (QED) is 0.471. The number of rotatable bonds is 5. The van der Waals surface area contributed by atoms with Crippen molar-refractivity contribution in [3.63, 3.8) is 0 Å². The first-order valence-electron chi connectivity index (χ1n) is 9.23. The number of halogens is 4. The number of carbonyl (C=O) groups excluding carboxylic acids is 1. The summed E-state index contributed by atoms with van der Waals surface area (Å²) in [7, 11) is 0. The highest BCUT2D eigenvalue weighted by atomic mass is 35.5. The van der Waals surface area contributed by atoms with Gasteiger partial charge in [-0.25, -0.2) is 0 Å². The molecule has 162 valence electrons. The number of fused-ring (bicyclic) bond motifs is 2. The SMILES string of the molecule is CCOc1ccc2oc(C(=O)NCc3nnc4c(Cl)cc(C(F)(F)F)cn34)c(C)c2c1. The summed E-state index contributed by atoms with van der Waals surface area (Å²) < 4.78 is 51.5. The normalized spacial score (nSPS) is 11.9. The molecule has 0 aliphatic carbocycles. The summed E-state index contributed by atoms with van der Waals surface area (Å²) >= 11 is 5.91. The lowest BCUT2D eigenvalue weighted by Gasteiger charge is -2.09. The van der Waals surface area contributed by atoms with Crippen LogP contribution in [0.2, 0.25) is 5.02 Å². The third-order valence-corrected chi connectivity index (χ3v) is 4.97. The van der Waals surface area contributed by atoms with E-state index in [0.717, 1.165) is 22.1 Å². The molecule has 7 nitrogen and oxygen atoms in total. The molecule has 0 saturated heterocycles. The molecule has 0 aliphatic heterocycles. The van der Waals surface area contributed by atoms with Gasteiger partial charge in [0, 0.05) is 17.1 Å². The molecule has 0 bridgehead atoms. The van der Waals surface area contributed by atoms with Gasteiger partial charge in [-0.2, -0.15) is 13.2 Å². The van der Waals surface area contributed by atoms with Crippen LogP contribution in [0.4, 0.5) is 13.2 Å². The fourth-order valence-electron chi connectivity index (χ4n) is 3.19. The number of amides is 1. The number of furan rings is 1. The van der Waals surface area contributed by atoms with Crippen molar-refractivity contribution in [3.05, 3.63) is 58.2 Å². The first kappa shape index (κ1) is 21.0. The van der Waals surface area contributed by atoms with Crippen LogP contribution >= 0.6 is 11.6 Å². The van der Waals surface area contributed by atoms with Gasteiger partial charge in [0.05, 0.1) is 23.7 Å². The number of alkyl halides is 3. The molecule has 1 N–H and O–H groups in total. The average molecular weight is 453 g/mol. The van der Waals surface area contributed by atoms with Crippen LogP contribution in [-0.4, -0.2) is 27.1 Å². The van der Waals surface area contributed by atoms with Crippen molar-refractivity contribution in [3.8, 4) is 5.75 Å². The van der Waals surface area contributed by atoms with Gasteiger partial charge < -0.3 is 14.5 Å². The van der Waals surface area contributed by atoms with E-state index >= 15 is 0 Å². The summed E-state index contributed by atoms with van der Waals surface area (Å²) in [6, 6.07) is 6.00. The van der Waals surface area contributed by atoms with Crippen molar-refractivity contribution >= 4 is 34.1 Å². The van der Waals surface area contributed by atoms with Gasteiger partial charge >= 0.3 is 6.18 Å². The number of carbonyl (C=O) groups is 1. The van der Waals surface area contributed by atoms with Crippen molar-refractivity contribution in [2.75, 3.05) is 6.61 Å². The smallest absolute Gasteiger partial charge is 0.417 e. The van der Waals surface area contributed by atoms with Crippen molar-refractivity contribution in [1.82, 2.24) is 19.9 Å². The first-order chi connectivity index (χ1) is 14.7. The molecule has 0 aliphatic rings. The van der Waals surface area contributed by atoms with Crippen LogP contribution in [0.3, 0.4) is 0 Å². The number of aromatic nitrogens is 3. The van der Waals surface area contributed by atoms with Crippen molar-refractivity contribution in [1.29, 1.82) is 0 Å². The summed E-state index contributed by atoms with van der Waals surface area (Å²) in [6.45, 7) is 3.92. The number of ether oxygens (including phenoxy) is 1. The lowest BCUT2D eigenvalue weighted by Crippen LogP contribution is -2.24. The third kappa shape index (κ3) is 3.90. The predicted molar refractivity (Wildman–Crippen MR) is 106 cm³/mol. The largest absolute Gasteiger partial charge is 0.494 e. The van der Waals surface area contributed by atoms with Gasteiger partial charge in [-0.1, -0.05) is 11.6 Å². The second kappa shape index (κ2) is 7.77. The summed E-state index contributed by atoms with van der Waals surface area (Å²) in [5, 5.41) is 10.8. The molecule has 11 heteroatoms. The molecule has 1 amide bonds. The van der Waals surface area contributed by atoms with E-state index < -0.39 is 17.6 Å². The maximum Gasteiger partial charge on any atom is 0.417 e. The molecule has 0 spiro atoms. The highest BCUT2D eigenvalue weighted by Gasteiger charge is 2.32. The summed E-state index contributed by atoms with van der Waals surface area (Å²) in [6.07, 6.45) is -3.75. The molecule has 0 radical (unpaired) electrons. The minimum atomic E-state index is -4.59. The highest BCUT2D eigenvalue weighted by molar-refractivity contribution is 6.33. The van der Waals surface area contributed by atoms with E-state index in [1.807, 2.05) is 6.92 Å². The number of hydrogen-bond acceptors (Lipinski definition) is 5. The molecule has 1 aromatic carbocycles. The van der Waals surface area contributed by atoms with Crippen LogP contribution in [0, 0.1) is 6.92 Å². The Morgan fingerprint density at radius 2 is 2.06 bits per heavy atom. The van der Waals surface area contributed by atoms with Gasteiger partial charge in [0.1, 0.15) is 11.3 Å². The Hall–Kier alpha value is -3.27. The Labute approximate surface area is 178 Å². The molecule has 0 atom stereocenters. The van der Waals surface area contributed by atoms with Crippen LogP contribution in [0.5, 0.6) is 5.75 Å². The fraction of sp³-hybridized carbons (Fsp3) is 0.250.